The molecule has 0 aliphatic rings. The van der Waals surface area contributed by atoms with Gasteiger partial charge in [0.25, 0.3) is 0 Å². The van der Waals surface area contributed by atoms with Gasteiger partial charge in [0.05, 0.1) is 5.69 Å². The molecular weight excluding hydrogens is 370 g/mol. The number of halogens is 1. The van der Waals surface area contributed by atoms with Gasteiger partial charge in [0.1, 0.15) is 10.6 Å². The number of aliphatic imine (C=N–C) groups is 1. The van der Waals surface area contributed by atoms with E-state index in [2.05, 4.69) is 4.99 Å². The molecule has 3 aromatic carbocycles. The molecule has 0 saturated heterocycles. The van der Waals surface area contributed by atoms with Crippen LogP contribution in [0.2, 0.25) is 5.02 Å². The van der Waals surface area contributed by atoms with Crippen LogP contribution in [-0.4, -0.2) is 14.6 Å². The van der Waals surface area contributed by atoms with E-state index < -0.39 is 10.1 Å². The second-order valence-electron chi connectivity index (χ2n) is 5.57. The van der Waals surface area contributed by atoms with Crippen molar-refractivity contribution in [2.75, 3.05) is 0 Å². The molecule has 0 heterocycles. The molecule has 0 aliphatic heterocycles. The molecule has 0 fully saturated rings. The second kappa shape index (κ2) is 7.72. The third kappa shape index (κ3) is 4.31. The molecule has 132 valence electrons. The Hall–Kier alpha value is -2.63. The van der Waals surface area contributed by atoms with Gasteiger partial charge < -0.3 is 4.18 Å². The zero-order chi connectivity index (χ0) is 18.6. The van der Waals surface area contributed by atoms with Gasteiger partial charge in [-0.3, -0.25) is 4.99 Å². The lowest BCUT2D eigenvalue weighted by molar-refractivity contribution is 0.486. The molecule has 0 saturated carbocycles. The summed E-state index contributed by atoms with van der Waals surface area (Å²) in [6.45, 7) is 1.89. The molecule has 0 aromatic heterocycles. The highest BCUT2D eigenvalue weighted by molar-refractivity contribution is 7.87. The van der Waals surface area contributed by atoms with Crippen molar-refractivity contribution >= 4 is 33.6 Å². The van der Waals surface area contributed by atoms with Gasteiger partial charge in [-0.2, -0.15) is 8.42 Å². The van der Waals surface area contributed by atoms with Gasteiger partial charge in [-0.05, 0) is 54.4 Å². The molecule has 0 amide bonds. The average Bonchev–Trinajstić information content (AvgIpc) is 2.64. The van der Waals surface area contributed by atoms with Gasteiger partial charge in [-0.1, -0.05) is 48.0 Å². The van der Waals surface area contributed by atoms with Gasteiger partial charge >= 0.3 is 10.1 Å². The fraction of sp³-hybridized carbons (Fsp3) is 0.0500. The normalized spacial score (nSPS) is 11.6. The Kier molecular flexibility index (Phi) is 5.40. The van der Waals surface area contributed by atoms with Gasteiger partial charge in [-0.15, -0.1) is 0 Å². The van der Waals surface area contributed by atoms with Crippen LogP contribution in [0.1, 0.15) is 11.1 Å². The summed E-state index contributed by atoms with van der Waals surface area (Å²) < 4.78 is 29.8. The topological polar surface area (TPSA) is 55.7 Å². The maximum Gasteiger partial charge on any atom is 0.339 e. The molecule has 0 atom stereocenters. The van der Waals surface area contributed by atoms with E-state index in [4.69, 9.17) is 15.8 Å². The van der Waals surface area contributed by atoms with Crippen LogP contribution in [0.15, 0.2) is 82.7 Å². The van der Waals surface area contributed by atoms with Crippen molar-refractivity contribution < 1.29 is 12.6 Å². The Balaban J connectivity index is 1.83. The summed E-state index contributed by atoms with van der Waals surface area (Å²) in [6, 6.07) is 20.2. The van der Waals surface area contributed by atoms with Crippen molar-refractivity contribution in [3.05, 3.63) is 88.9 Å². The number of benzene rings is 3. The average molecular weight is 386 g/mol. The van der Waals surface area contributed by atoms with Crippen LogP contribution in [0.4, 0.5) is 5.69 Å². The molecule has 26 heavy (non-hydrogen) atoms. The SMILES string of the molecule is Cc1c(Cl)cccc1N=Cc1cccc(OS(=O)(=O)c2ccccc2)c1. The van der Waals surface area contributed by atoms with Crippen molar-refractivity contribution in [1.29, 1.82) is 0 Å². The fourth-order valence-corrected chi connectivity index (χ4v) is 3.40. The maximum atomic E-state index is 12.3. The van der Waals surface area contributed by atoms with Gasteiger partial charge in [-0.25, -0.2) is 0 Å². The summed E-state index contributed by atoms with van der Waals surface area (Å²) in [5, 5.41) is 0.644. The third-order valence-electron chi connectivity index (χ3n) is 3.69. The summed E-state index contributed by atoms with van der Waals surface area (Å²) in [5.41, 5.74) is 2.34. The standard InChI is InChI=1S/C20H16ClNO3S/c1-15-19(21)11-6-12-20(15)22-14-16-7-5-8-17(13-16)25-26(23,24)18-9-3-2-4-10-18/h2-14H,1H3. The summed E-state index contributed by atoms with van der Waals surface area (Å²) in [4.78, 5) is 4.52. The van der Waals surface area contributed by atoms with Crippen LogP contribution in [0.5, 0.6) is 5.75 Å². The minimum Gasteiger partial charge on any atom is -0.379 e. The fourth-order valence-electron chi connectivity index (χ4n) is 2.29. The summed E-state index contributed by atoms with van der Waals surface area (Å²) >= 11 is 6.09. The molecular formula is C20H16ClNO3S. The predicted octanol–water partition coefficient (Wildman–Crippen LogP) is 5.17. The van der Waals surface area contributed by atoms with E-state index in [9.17, 15) is 8.42 Å². The zero-order valence-corrected chi connectivity index (χ0v) is 15.5. The molecule has 0 bridgehead atoms. The highest BCUT2D eigenvalue weighted by Crippen LogP contribution is 2.25. The quantitative estimate of drug-likeness (QED) is 0.450. The predicted molar refractivity (Wildman–Crippen MR) is 104 cm³/mol. The Morgan fingerprint density at radius 3 is 2.46 bits per heavy atom. The Bertz CT molecular complexity index is 1050. The first-order valence-corrected chi connectivity index (χ1v) is 9.63. The van der Waals surface area contributed by atoms with Crippen LogP contribution < -0.4 is 4.18 Å². The van der Waals surface area contributed by atoms with Crippen LogP contribution in [0.3, 0.4) is 0 Å². The lowest BCUT2D eigenvalue weighted by Crippen LogP contribution is -2.09. The molecule has 4 nitrogen and oxygen atoms in total. The first kappa shape index (κ1) is 18.2. The van der Waals surface area contributed by atoms with Crippen molar-refractivity contribution in [2.24, 2.45) is 4.99 Å². The summed E-state index contributed by atoms with van der Waals surface area (Å²) in [6.07, 6.45) is 1.64. The molecule has 0 N–H and O–H groups in total. The smallest absolute Gasteiger partial charge is 0.339 e. The highest BCUT2D eigenvalue weighted by Gasteiger charge is 2.15. The highest BCUT2D eigenvalue weighted by atomic mass is 35.5. The Morgan fingerprint density at radius 2 is 1.69 bits per heavy atom. The van der Waals surface area contributed by atoms with Gasteiger partial charge in [0, 0.05) is 11.2 Å². The van der Waals surface area contributed by atoms with E-state index >= 15 is 0 Å². The van der Waals surface area contributed by atoms with E-state index in [1.54, 1.807) is 48.7 Å². The molecule has 3 rings (SSSR count). The summed E-state index contributed by atoms with van der Waals surface area (Å²) in [7, 11) is -3.87. The molecule has 6 heteroatoms. The first-order valence-electron chi connectivity index (χ1n) is 7.84. The van der Waals surface area contributed by atoms with Gasteiger partial charge in [0.2, 0.25) is 0 Å². The van der Waals surface area contributed by atoms with E-state index in [1.807, 2.05) is 25.1 Å². The van der Waals surface area contributed by atoms with Crippen LogP contribution >= 0.6 is 11.6 Å². The molecule has 0 radical (unpaired) electrons. The van der Waals surface area contributed by atoms with Crippen LogP contribution in [-0.2, 0) is 10.1 Å². The second-order valence-corrected chi connectivity index (χ2v) is 7.52. The van der Waals surface area contributed by atoms with E-state index in [1.165, 1.54) is 12.1 Å². The van der Waals surface area contributed by atoms with Crippen LogP contribution in [0.25, 0.3) is 0 Å². The monoisotopic (exact) mass is 385 g/mol. The molecule has 3 aromatic rings. The van der Waals surface area contributed by atoms with Gasteiger partial charge in [0.15, 0.2) is 0 Å². The molecule has 0 unspecified atom stereocenters. The van der Waals surface area contributed by atoms with Crippen molar-refractivity contribution in [1.82, 2.24) is 0 Å². The zero-order valence-electron chi connectivity index (χ0n) is 14.0. The first-order chi connectivity index (χ1) is 12.5. The third-order valence-corrected chi connectivity index (χ3v) is 5.36. The van der Waals surface area contributed by atoms with Crippen molar-refractivity contribution in [3.8, 4) is 5.75 Å². The van der Waals surface area contributed by atoms with Crippen molar-refractivity contribution in [3.63, 3.8) is 0 Å². The number of nitrogens with zero attached hydrogens (tertiary/aromatic N) is 1. The summed E-state index contributed by atoms with van der Waals surface area (Å²) in [5.74, 6) is 0.223. The molecule has 0 aliphatic carbocycles. The minimum absolute atomic E-state index is 0.105. The number of hydrogen-bond acceptors (Lipinski definition) is 4. The van der Waals surface area contributed by atoms with Crippen LogP contribution in [0, 0.1) is 6.92 Å². The Labute approximate surface area is 157 Å². The number of rotatable bonds is 5. The van der Waals surface area contributed by atoms with E-state index in [0.717, 1.165) is 11.3 Å². The van der Waals surface area contributed by atoms with Crippen molar-refractivity contribution in [2.45, 2.75) is 11.8 Å². The lowest BCUT2D eigenvalue weighted by Gasteiger charge is -2.07. The molecule has 0 spiro atoms. The number of hydrogen-bond donors (Lipinski definition) is 0. The Morgan fingerprint density at radius 1 is 0.962 bits per heavy atom. The minimum atomic E-state index is -3.87. The van der Waals surface area contributed by atoms with E-state index in [-0.39, 0.29) is 10.6 Å². The maximum absolute atomic E-state index is 12.3. The van der Waals surface area contributed by atoms with E-state index in [0.29, 0.717) is 10.6 Å². The lowest BCUT2D eigenvalue weighted by atomic mass is 10.2. The largest absolute Gasteiger partial charge is 0.379 e.